The molecule has 0 aliphatic heterocycles. The molecule has 2 amide bonds. The molecule has 0 aliphatic rings. The fraction of sp³-hybridized carbons (Fsp3) is 0.278. The summed E-state index contributed by atoms with van der Waals surface area (Å²) in [5, 5.41) is 5.42. The quantitative estimate of drug-likeness (QED) is 0.731. The molecule has 0 aliphatic carbocycles. The van der Waals surface area contributed by atoms with Crippen LogP contribution in [0.4, 0.5) is 9.18 Å². The van der Waals surface area contributed by atoms with E-state index in [2.05, 4.69) is 10.6 Å². The lowest BCUT2D eigenvalue weighted by Gasteiger charge is -2.09. The zero-order valence-corrected chi connectivity index (χ0v) is 13.5. The summed E-state index contributed by atoms with van der Waals surface area (Å²) in [4.78, 5) is 11.6. The third-order valence-electron chi connectivity index (χ3n) is 3.30. The molecular weight excluding hydrogens is 311 g/mol. The Bertz CT molecular complexity index is 647. The van der Waals surface area contributed by atoms with E-state index in [9.17, 15) is 9.18 Å². The van der Waals surface area contributed by atoms with Gasteiger partial charge in [0.25, 0.3) is 0 Å². The van der Waals surface area contributed by atoms with E-state index in [4.69, 9.17) is 9.47 Å². The summed E-state index contributed by atoms with van der Waals surface area (Å²) in [6.07, 6.45) is 0.577. The summed E-state index contributed by atoms with van der Waals surface area (Å²) in [5.41, 5.74) is 0.845. The Hall–Kier alpha value is -2.76. The van der Waals surface area contributed by atoms with Crippen LogP contribution in [0.3, 0.4) is 0 Å². The van der Waals surface area contributed by atoms with Crippen LogP contribution in [0.2, 0.25) is 0 Å². The number of ether oxygens (including phenoxy) is 2. The first-order chi connectivity index (χ1) is 11.7. The molecule has 5 nitrogen and oxygen atoms in total. The maximum Gasteiger partial charge on any atom is 0.314 e. The number of benzene rings is 2. The standard InChI is InChI=1S/C18H21FN2O3/c1-23-16-5-7-17(8-6-16)24-12-11-21-18(22)20-10-9-14-3-2-4-15(19)13-14/h2-8,13H,9-12H2,1H3,(H2,20,21,22). The highest BCUT2D eigenvalue weighted by Crippen LogP contribution is 2.16. The van der Waals surface area contributed by atoms with Crippen molar-refractivity contribution in [1.82, 2.24) is 10.6 Å². The van der Waals surface area contributed by atoms with Gasteiger partial charge in [-0.2, -0.15) is 0 Å². The van der Waals surface area contributed by atoms with Crippen LogP contribution >= 0.6 is 0 Å². The van der Waals surface area contributed by atoms with E-state index in [1.807, 2.05) is 18.2 Å². The number of carbonyl (C=O) groups is 1. The maximum atomic E-state index is 13.0. The van der Waals surface area contributed by atoms with Crippen molar-refractivity contribution in [3.63, 3.8) is 0 Å². The van der Waals surface area contributed by atoms with Gasteiger partial charge in [-0.05, 0) is 48.4 Å². The summed E-state index contributed by atoms with van der Waals surface area (Å²) in [7, 11) is 1.60. The van der Waals surface area contributed by atoms with Crippen molar-refractivity contribution in [2.75, 3.05) is 26.8 Å². The normalized spacial score (nSPS) is 10.1. The van der Waals surface area contributed by atoms with Gasteiger partial charge in [0.1, 0.15) is 23.9 Å². The van der Waals surface area contributed by atoms with Crippen molar-refractivity contribution in [1.29, 1.82) is 0 Å². The van der Waals surface area contributed by atoms with Gasteiger partial charge in [-0.1, -0.05) is 12.1 Å². The zero-order valence-electron chi connectivity index (χ0n) is 13.5. The molecule has 2 aromatic rings. The van der Waals surface area contributed by atoms with Gasteiger partial charge in [0.15, 0.2) is 0 Å². The highest BCUT2D eigenvalue weighted by molar-refractivity contribution is 5.73. The molecular formula is C18H21FN2O3. The van der Waals surface area contributed by atoms with Gasteiger partial charge in [0, 0.05) is 6.54 Å². The molecule has 0 saturated heterocycles. The molecule has 2 aromatic carbocycles. The summed E-state index contributed by atoms with van der Waals surface area (Å²) in [5.74, 6) is 1.20. The molecule has 0 radical (unpaired) electrons. The lowest BCUT2D eigenvalue weighted by molar-refractivity contribution is 0.236. The lowest BCUT2D eigenvalue weighted by Crippen LogP contribution is -2.38. The third kappa shape index (κ3) is 6.16. The number of halogens is 1. The van der Waals surface area contributed by atoms with Gasteiger partial charge >= 0.3 is 6.03 Å². The van der Waals surface area contributed by atoms with Crippen LogP contribution in [0.25, 0.3) is 0 Å². The Morgan fingerprint density at radius 2 is 1.75 bits per heavy atom. The average Bonchev–Trinajstić information content (AvgIpc) is 2.59. The topological polar surface area (TPSA) is 59.6 Å². The third-order valence-corrected chi connectivity index (χ3v) is 3.30. The summed E-state index contributed by atoms with van der Waals surface area (Å²) in [6, 6.07) is 13.3. The van der Waals surface area contributed by atoms with Crippen LogP contribution in [0.1, 0.15) is 5.56 Å². The van der Waals surface area contributed by atoms with Crippen molar-refractivity contribution in [3.05, 3.63) is 59.9 Å². The van der Waals surface area contributed by atoms with Crippen LogP contribution in [0, 0.1) is 5.82 Å². The summed E-state index contributed by atoms with van der Waals surface area (Å²) < 4.78 is 23.6. The van der Waals surface area contributed by atoms with E-state index in [1.54, 1.807) is 25.3 Å². The van der Waals surface area contributed by atoms with Crippen LogP contribution in [-0.2, 0) is 6.42 Å². The van der Waals surface area contributed by atoms with Gasteiger partial charge in [0.2, 0.25) is 0 Å². The van der Waals surface area contributed by atoms with E-state index in [1.165, 1.54) is 12.1 Å². The predicted molar refractivity (Wildman–Crippen MR) is 90.0 cm³/mol. The molecule has 0 bridgehead atoms. The smallest absolute Gasteiger partial charge is 0.314 e. The molecule has 0 heterocycles. The number of amides is 2. The van der Waals surface area contributed by atoms with Crippen LogP contribution in [-0.4, -0.2) is 32.8 Å². The average molecular weight is 332 g/mol. The van der Waals surface area contributed by atoms with Crippen molar-refractivity contribution < 1.29 is 18.7 Å². The van der Waals surface area contributed by atoms with E-state index in [0.717, 1.165) is 11.3 Å². The number of hydrogen-bond donors (Lipinski definition) is 2. The Morgan fingerprint density at radius 3 is 2.46 bits per heavy atom. The first kappa shape index (κ1) is 17.6. The maximum absolute atomic E-state index is 13.0. The fourth-order valence-electron chi connectivity index (χ4n) is 2.08. The van der Waals surface area contributed by atoms with Crippen molar-refractivity contribution in [2.45, 2.75) is 6.42 Å². The molecule has 0 aromatic heterocycles. The second-order valence-electron chi connectivity index (χ2n) is 5.09. The molecule has 128 valence electrons. The number of carbonyl (C=O) groups excluding carboxylic acids is 1. The Kier molecular flexibility index (Phi) is 6.89. The fourth-order valence-corrected chi connectivity index (χ4v) is 2.08. The molecule has 6 heteroatoms. The summed E-state index contributed by atoms with van der Waals surface area (Å²) in [6.45, 7) is 1.19. The molecule has 24 heavy (non-hydrogen) atoms. The SMILES string of the molecule is COc1ccc(OCCNC(=O)NCCc2cccc(F)c2)cc1. The minimum absolute atomic E-state index is 0.271. The predicted octanol–water partition coefficient (Wildman–Crippen LogP) is 2.76. The second-order valence-corrected chi connectivity index (χ2v) is 5.09. The number of nitrogens with one attached hydrogen (secondary N) is 2. The van der Waals surface area contributed by atoms with Crippen molar-refractivity contribution in [3.8, 4) is 11.5 Å². The molecule has 0 saturated carbocycles. The number of rotatable bonds is 8. The van der Waals surface area contributed by atoms with Crippen molar-refractivity contribution >= 4 is 6.03 Å². The molecule has 2 rings (SSSR count). The van der Waals surface area contributed by atoms with Crippen LogP contribution < -0.4 is 20.1 Å². The minimum atomic E-state index is -0.273. The van der Waals surface area contributed by atoms with Gasteiger partial charge in [0.05, 0.1) is 13.7 Å². The highest BCUT2D eigenvalue weighted by Gasteiger charge is 2.01. The largest absolute Gasteiger partial charge is 0.497 e. The minimum Gasteiger partial charge on any atom is -0.497 e. The number of methoxy groups -OCH3 is 1. The Labute approximate surface area is 140 Å². The zero-order chi connectivity index (χ0) is 17.2. The lowest BCUT2D eigenvalue weighted by atomic mass is 10.1. The molecule has 0 unspecified atom stereocenters. The van der Waals surface area contributed by atoms with Gasteiger partial charge in [-0.3, -0.25) is 0 Å². The van der Waals surface area contributed by atoms with E-state index in [-0.39, 0.29) is 11.8 Å². The molecule has 0 fully saturated rings. The van der Waals surface area contributed by atoms with Gasteiger partial charge in [-0.25, -0.2) is 9.18 Å². The number of urea groups is 1. The van der Waals surface area contributed by atoms with E-state index < -0.39 is 0 Å². The first-order valence-electron chi connectivity index (χ1n) is 7.70. The first-order valence-corrected chi connectivity index (χ1v) is 7.70. The monoisotopic (exact) mass is 332 g/mol. The van der Waals surface area contributed by atoms with E-state index >= 15 is 0 Å². The second kappa shape index (κ2) is 9.39. The molecule has 0 spiro atoms. The van der Waals surface area contributed by atoms with Gasteiger partial charge < -0.3 is 20.1 Å². The highest BCUT2D eigenvalue weighted by atomic mass is 19.1. The Morgan fingerprint density at radius 1 is 1.04 bits per heavy atom. The molecule has 0 atom stereocenters. The van der Waals surface area contributed by atoms with E-state index in [0.29, 0.717) is 31.9 Å². The van der Waals surface area contributed by atoms with Gasteiger partial charge in [-0.15, -0.1) is 0 Å². The number of hydrogen-bond acceptors (Lipinski definition) is 3. The summed E-state index contributed by atoms with van der Waals surface area (Å²) >= 11 is 0. The molecule has 2 N–H and O–H groups in total. The van der Waals surface area contributed by atoms with Crippen molar-refractivity contribution in [2.24, 2.45) is 0 Å². The van der Waals surface area contributed by atoms with Crippen LogP contribution in [0.5, 0.6) is 11.5 Å². The van der Waals surface area contributed by atoms with Crippen LogP contribution in [0.15, 0.2) is 48.5 Å². The Balaban J connectivity index is 1.57.